The maximum absolute atomic E-state index is 15.2. The van der Waals surface area contributed by atoms with Crippen molar-refractivity contribution < 1.29 is 23.0 Å². The highest BCUT2D eigenvalue weighted by Gasteiger charge is 2.35. The summed E-state index contributed by atoms with van der Waals surface area (Å²) in [5.41, 5.74) is 8.88. The van der Waals surface area contributed by atoms with E-state index in [9.17, 15) is 0 Å². The average molecular weight is 565 g/mol. The molecular weight excluding hydrogens is 530 g/mol. The average Bonchev–Trinajstić information content (AvgIpc) is 3.35. The van der Waals surface area contributed by atoms with Crippen molar-refractivity contribution in [2.45, 2.75) is 56.8 Å². The van der Waals surface area contributed by atoms with E-state index in [2.05, 4.69) is 27.3 Å². The first-order valence-corrected chi connectivity index (χ1v) is 14.0. The third-order valence-corrected chi connectivity index (χ3v) is 8.14. The molecule has 2 aliphatic rings. The number of benzene rings is 1. The summed E-state index contributed by atoms with van der Waals surface area (Å²) in [6.45, 7) is 3.30. The van der Waals surface area contributed by atoms with E-state index >= 15 is 8.78 Å². The number of imidazole rings is 1. The first-order chi connectivity index (χ1) is 19.9. The summed E-state index contributed by atoms with van der Waals surface area (Å²) in [7, 11) is 1.71. The summed E-state index contributed by atoms with van der Waals surface area (Å²) in [6, 6.07) is 7.63. The summed E-state index contributed by atoms with van der Waals surface area (Å²) < 4.78 is 48.8. The molecule has 11 heteroatoms. The Bertz CT molecular complexity index is 1490. The highest BCUT2D eigenvalue weighted by atomic mass is 19.1. The Labute approximate surface area is 237 Å². The van der Waals surface area contributed by atoms with Gasteiger partial charge in [-0.05, 0) is 48.4 Å². The normalized spacial score (nSPS) is 23.5. The molecule has 1 saturated heterocycles. The maximum Gasteiger partial charge on any atom is 0.229 e. The lowest BCUT2D eigenvalue weighted by Gasteiger charge is -2.38. The van der Waals surface area contributed by atoms with Gasteiger partial charge in [0.15, 0.2) is 0 Å². The Kier molecular flexibility index (Phi) is 7.83. The van der Waals surface area contributed by atoms with Crippen LogP contribution in [0.15, 0.2) is 48.9 Å². The second-order valence-electron chi connectivity index (χ2n) is 10.9. The Balaban J connectivity index is 1.28. The molecule has 4 unspecified atom stereocenters. The second-order valence-corrected chi connectivity index (χ2v) is 10.9. The van der Waals surface area contributed by atoms with Gasteiger partial charge in [0.05, 0.1) is 54.2 Å². The van der Waals surface area contributed by atoms with Crippen LogP contribution >= 0.6 is 0 Å². The fraction of sp³-hybridized carbons (Fsp3) is 0.433. The number of aromatic nitrogens is 4. The molecule has 4 aromatic rings. The number of anilines is 2. The van der Waals surface area contributed by atoms with Crippen LogP contribution in [-0.2, 0) is 9.47 Å². The van der Waals surface area contributed by atoms with Gasteiger partial charge < -0.3 is 25.3 Å². The lowest BCUT2D eigenvalue weighted by molar-refractivity contribution is 0.00984. The smallest absolute Gasteiger partial charge is 0.229 e. The van der Waals surface area contributed by atoms with Gasteiger partial charge in [-0.2, -0.15) is 9.61 Å². The lowest BCUT2D eigenvalue weighted by atomic mass is 9.74. The van der Waals surface area contributed by atoms with Gasteiger partial charge in [-0.1, -0.05) is 6.92 Å². The monoisotopic (exact) mass is 564 g/mol. The number of nitrogens with zero attached hydrogens (tertiary/aromatic N) is 4. The molecule has 3 N–H and O–H groups in total. The molecule has 0 bridgehead atoms. The van der Waals surface area contributed by atoms with Gasteiger partial charge >= 0.3 is 0 Å². The highest BCUT2D eigenvalue weighted by Crippen LogP contribution is 2.40. The van der Waals surface area contributed by atoms with E-state index in [1.807, 2.05) is 6.07 Å². The van der Waals surface area contributed by atoms with Crippen LogP contribution in [0.1, 0.15) is 44.1 Å². The van der Waals surface area contributed by atoms with Crippen molar-refractivity contribution in [1.29, 1.82) is 0 Å². The molecular formula is C30H34F2N6O3. The number of rotatable bonds is 7. The molecule has 4 heterocycles. The van der Waals surface area contributed by atoms with Gasteiger partial charge in [0.2, 0.25) is 5.95 Å². The summed E-state index contributed by atoms with van der Waals surface area (Å²) in [6.07, 6.45) is 8.10. The molecule has 4 atom stereocenters. The fourth-order valence-electron chi connectivity index (χ4n) is 6.16. The predicted molar refractivity (Wildman–Crippen MR) is 150 cm³/mol. The molecule has 6 rings (SSSR count). The first-order valence-electron chi connectivity index (χ1n) is 14.0. The minimum absolute atomic E-state index is 0.0200. The molecule has 0 radical (unpaired) electrons. The number of hydrogen-bond acceptors (Lipinski definition) is 8. The Hall–Kier alpha value is -3.67. The first kappa shape index (κ1) is 27.5. The molecule has 2 fully saturated rings. The van der Waals surface area contributed by atoms with E-state index < -0.39 is 11.6 Å². The third kappa shape index (κ3) is 5.61. The standard InChI is InChI=1S/C30H34F2N6O3/c1-17-11-18(12-25(33)29(17)39-2)22-5-8-34-16-27(22)36-30-35-15-19-3-4-26(37-38(19)30)28-23(31)13-21(14-24(28)32)41-20-6-9-40-10-7-20/h3-5,8,13-18,20,25,29H,6-7,9-12,33H2,1-2H3,(H,35,36). The van der Waals surface area contributed by atoms with Crippen LogP contribution in [0.3, 0.4) is 0 Å². The zero-order chi connectivity index (χ0) is 28.5. The molecule has 41 heavy (non-hydrogen) atoms. The summed E-state index contributed by atoms with van der Waals surface area (Å²) >= 11 is 0. The summed E-state index contributed by atoms with van der Waals surface area (Å²) in [5, 5.41) is 7.90. The molecule has 1 aliphatic carbocycles. The van der Waals surface area contributed by atoms with Crippen molar-refractivity contribution in [1.82, 2.24) is 19.6 Å². The number of nitrogens with one attached hydrogen (secondary N) is 1. The van der Waals surface area contributed by atoms with E-state index in [1.54, 1.807) is 37.8 Å². The van der Waals surface area contributed by atoms with Crippen LogP contribution in [0.4, 0.5) is 20.4 Å². The fourth-order valence-corrected chi connectivity index (χ4v) is 6.16. The van der Waals surface area contributed by atoms with E-state index in [0.717, 1.165) is 24.1 Å². The van der Waals surface area contributed by atoms with E-state index in [1.165, 1.54) is 16.6 Å². The number of fused-ring (bicyclic) bond motifs is 1. The summed E-state index contributed by atoms with van der Waals surface area (Å²) in [5.74, 6) is -0.444. The van der Waals surface area contributed by atoms with E-state index in [0.29, 0.717) is 43.4 Å². The SMILES string of the molecule is COC1C(C)CC(c2ccncc2Nc2ncc3ccc(-c4c(F)cc(OC5CCOCC5)cc4F)nn23)CC1N. The molecule has 9 nitrogen and oxygen atoms in total. The Morgan fingerprint density at radius 1 is 1.07 bits per heavy atom. The highest BCUT2D eigenvalue weighted by molar-refractivity contribution is 5.66. The second kappa shape index (κ2) is 11.7. The van der Waals surface area contributed by atoms with Gasteiger partial charge in [0.25, 0.3) is 0 Å². The van der Waals surface area contributed by atoms with Crippen LogP contribution in [0, 0.1) is 17.6 Å². The van der Waals surface area contributed by atoms with Crippen LogP contribution in [0.25, 0.3) is 16.8 Å². The van der Waals surface area contributed by atoms with Crippen molar-refractivity contribution in [2.75, 3.05) is 25.6 Å². The van der Waals surface area contributed by atoms with Crippen molar-refractivity contribution >= 4 is 17.2 Å². The number of pyridine rings is 1. The van der Waals surface area contributed by atoms with Gasteiger partial charge in [0, 0.05) is 44.3 Å². The quantitative estimate of drug-likeness (QED) is 0.314. The molecule has 0 amide bonds. The predicted octanol–water partition coefficient (Wildman–Crippen LogP) is 5.23. The van der Waals surface area contributed by atoms with Gasteiger partial charge in [-0.25, -0.2) is 13.8 Å². The number of halogens is 2. The van der Waals surface area contributed by atoms with Crippen molar-refractivity contribution in [3.05, 3.63) is 66.1 Å². The zero-order valence-corrected chi connectivity index (χ0v) is 23.1. The molecule has 3 aromatic heterocycles. The van der Waals surface area contributed by atoms with Crippen molar-refractivity contribution in [2.24, 2.45) is 11.7 Å². The van der Waals surface area contributed by atoms with Crippen LogP contribution in [0.5, 0.6) is 5.75 Å². The molecule has 1 saturated carbocycles. The number of nitrogens with two attached hydrogens (primary N) is 1. The molecule has 216 valence electrons. The van der Waals surface area contributed by atoms with Crippen LogP contribution in [0.2, 0.25) is 0 Å². The van der Waals surface area contributed by atoms with E-state index in [-0.39, 0.29) is 41.2 Å². The van der Waals surface area contributed by atoms with Crippen LogP contribution < -0.4 is 15.8 Å². The molecule has 0 spiro atoms. The Morgan fingerprint density at radius 2 is 1.85 bits per heavy atom. The number of ether oxygens (including phenoxy) is 3. The van der Waals surface area contributed by atoms with Gasteiger partial charge in [-0.15, -0.1) is 0 Å². The minimum Gasteiger partial charge on any atom is -0.490 e. The lowest BCUT2D eigenvalue weighted by Crippen LogP contribution is -2.45. The van der Waals surface area contributed by atoms with Crippen molar-refractivity contribution in [3.63, 3.8) is 0 Å². The molecule has 1 aromatic carbocycles. The van der Waals surface area contributed by atoms with Gasteiger partial charge in [0.1, 0.15) is 23.5 Å². The molecule has 1 aliphatic heterocycles. The van der Waals surface area contributed by atoms with E-state index in [4.69, 9.17) is 19.9 Å². The summed E-state index contributed by atoms with van der Waals surface area (Å²) in [4.78, 5) is 8.80. The number of methoxy groups -OCH3 is 1. The van der Waals surface area contributed by atoms with Gasteiger partial charge in [-0.3, -0.25) is 4.98 Å². The zero-order valence-electron chi connectivity index (χ0n) is 23.1. The minimum atomic E-state index is -0.750. The number of hydrogen-bond donors (Lipinski definition) is 2. The topological polar surface area (TPSA) is 109 Å². The Morgan fingerprint density at radius 3 is 2.59 bits per heavy atom. The third-order valence-electron chi connectivity index (χ3n) is 8.14. The maximum atomic E-state index is 15.2. The largest absolute Gasteiger partial charge is 0.490 e. The van der Waals surface area contributed by atoms with Crippen molar-refractivity contribution in [3.8, 4) is 17.0 Å². The van der Waals surface area contributed by atoms with Crippen LogP contribution in [-0.4, -0.2) is 58.2 Å².